The molecule has 0 aliphatic rings. The van der Waals surface area contributed by atoms with Crippen LogP contribution in [0, 0.1) is 5.82 Å². The normalized spacial score (nSPS) is 13.1. The highest BCUT2D eigenvalue weighted by atomic mass is 79.9. The van der Waals surface area contributed by atoms with E-state index in [-0.39, 0.29) is 5.82 Å². The number of rotatable bonds is 6. The minimum atomic E-state index is -0.248. The van der Waals surface area contributed by atoms with Crippen LogP contribution in [0.4, 0.5) is 4.39 Å². The summed E-state index contributed by atoms with van der Waals surface area (Å²) in [6, 6.07) is 3.67. The molecule has 0 aliphatic carbocycles. The maximum atomic E-state index is 13.9. The van der Waals surface area contributed by atoms with Crippen LogP contribution in [-0.2, 0) is 6.42 Å². The van der Waals surface area contributed by atoms with Gasteiger partial charge in [0, 0.05) is 24.4 Å². The van der Waals surface area contributed by atoms with Gasteiger partial charge >= 0.3 is 0 Å². The highest BCUT2D eigenvalue weighted by Gasteiger charge is 2.18. The second-order valence-electron chi connectivity index (χ2n) is 4.94. The van der Waals surface area contributed by atoms with Crippen LogP contribution in [0.2, 0.25) is 0 Å². The van der Waals surface area contributed by atoms with E-state index >= 15 is 0 Å². The van der Waals surface area contributed by atoms with Crippen molar-refractivity contribution < 1.29 is 4.39 Å². The molecular weight excluding hydrogens is 343 g/mol. The van der Waals surface area contributed by atoms with Crippen LogP contribution in [0.25, 0.3) is 11.0 Å². The summed E-state index contributed by atoms with van der Waals surface area (Å²) in [6.45, 7) is 4.33. The Labute approximate surface area is 132 Å². The standard InChI is InChI=1S/C15H19BrClFN2/c1-3-5-10(4-2)20-14-9-12(18)11(16)8-13(14)19-15(20)6-7-17/h8-10H,3-7H2,1-2H3. The first-order chi connectivity index (χ1) is 9.62. The zero-order chi connectivity index (χ0) is 14.7. The minimum absolute atomic E-state index is 0.248. The van der Waals surface area contributed by atoms with E-state index in [2.05, 4.69) is 39.3 Å². The van der Waals surface area contributed by atoms with Crippen molar-refractivity contribution in [3.05, 3.63) is 28.2 Å². The largest absolute Gasteiger partial charge is 0.325 e. The molecule has 5 heteroatoms. The second-order valence-corrected chi connectivity index (χ2v) is 6.18. The lowest BCUT2D eigenvalue weighted by atomic mass is 10.1. The van der Waals surface area contributed by atoms with Gasteiger partial charge in [0.15, 0.2) is 0 Å². The maximum Gasteiger partial charge on any atom is 0.139 e. The Hall–Kier alpha value is -0.610. The van der Waals surface area contributed by atoms with E-state index in [9.17, 15) is 4.39 Å². The fraction of sp³-hybridized carbons (Fsp3) is 0.533. The van der Waals surface area contributed by atoms with Crippen LogP contribution in [-0.4, -0.2) is 15.4 Å². The van der Waals surface area contributed by atoms with Crippen LogP contribution in [0.3, 0.4) is 0 Å². The van der Waals surface area contributed by atoms with Gasteiger partial charge in [0.05, 0.1) is 15.5 Å². The van der Waals surface area contributed by atoms with Crippen molar-refractivity contribution in [1.29, 1.82) is 0 Å². The Morgan fingerprint density at radius 2 is 2.15 bits per heavy atom. The van der Waals surface area contributed by atoms with Crippen molar-refractivity contribution in [3.63, 3.8) is 0 Å². The summed E-state index contributed by atoms with van der Waals surface area (Å²) in [7, 11) is 0. The zero-order valence-electron chi connectivity index (χ0n) is 11.8. The van der Waals surface area contributed by atoms with Crippen LogP contribution in [0.1, 0.15) is 45.0 Å². The van der Waals surface area contributed by atoms with Crippen LogP contribution < -0.4 is 0 Å². The van der Waals surface area contributed by atoms with Gasteiger partial charge in [-0.2, -0.15) is 0 Å². The first-order valence-electron chi connectivity index (χ1n) is 7.04. The highest BCUT2D eigenvalue weighted by Crippen LogP contribution is 2.30. The van der Waals surface area contributed by atoms with Gasteiger partial charge in [-0.05, 0) is 34.8 Å². The van der Waals surface area contributed by atoms with Gasteiger partial charge in [-0.1, -0.05) is 20.3 Å². The number of benzene rings is 1. The summed E-state index contributed by atoms with van der Waals surface area (Å²) >= 11 is 9.11. The average molecular weight is 362 g/mol. The van der Waals surface area contributed by atoms with E-state index in [1.807, 2.05) is 0 Å². The molecule has 0 N–H and O–H groups in total. The van der Waals surface area contributed by atoms with Gasteiger partial charge < -0.3 is 4.57 Å². The number of aryl methyl sites for hydroxylation is 1. The molecule has 1 heterocycles. The molecular formula is C15H19BrClFN2. The number of imidazole rings is 1. The van der Waals surface area contributed by atoms with Crippen LogP contribution in [0.5, 0.6) is 0 Å². The molecule has 0 bridgehead atoms. The molecule has 0 spiro atoms. The molecule has 1 unspecified atom stereocenters. The van der Waals surface area contributed by atoms with Crippen molar-refractivity contribution >= 4 is 38.6 Å². The predicted octanol–water partition coefficient (Wildman–Crippen LogP) is 5.47. The lowest BCUT2D eigenvalue weighted by molar-refractivity contribution is 0.445. The third kappa shape index (κ3) is 3.01. The molecule has 2 aromatic rings. The molecule has 0 aliphatic heterocycles. The maximum absolute atomic E-state index is 13.9. The van der Waals surface area contributed by atoms with Crippen molar-refractivity contribution in [2.24, 2.45) is 0 Å². The molecule has 1 aromatic heterocycles. The lowest BCUT2D eigenvalue weighted by Gasteiger charge is -2.19. The fourth-order valence-electron chi connectivity index (χ4n) is 2.66. The van der Waals surface area contributed by atoms with E-state index < -0.39 is 0 Å². The Balaban J connectivity index is 2.63. The van der Waals surface area contributed by atoms with E-state index in [4.69, 9.17) is 11.6 Å². The number of alkyl halides is 1. The van der Waals surface area contributed by atoms with E-state index in [0.29, 0.717) is 22.8 Å². The molecule has 0 saturated heterocycles. The molecule has 1 atom stereocenters. The van der Waals surface area contributed by atoms with Gasteiger partial charge in [0.2, 0.25) is 0 Å². The first-order valence-corrected chi connectivity index (χ1v) is 8.36. The molecule has 0 radical (unpaired) electrons. The molecule has 0 amide bonds. The number of halogens is 3. The number of hydrogen-bond acceptors (Lipinski definition) is 1. The highest BCUT2D eigenvalue weighted by molar-refractivity contribution is 9.10. The molecule has 0 fully saturated rings. The molecule has 20 heavy (non-hydrogen) atoms. The number of hydrogen-bond donors (Lipinski definition) is 0. The van der Waals surface area contributed by atoms with E-state index in [1.165, 1.54) is 0 Å². The third-order valence-corrected chi connectivity index (χ3v) is 4.38. The number of fused-ring (bicyclic) bond motifs is 1. The van der Waals surface area contributed by atoms with Crippen molar-refractivity contribution in [3.8, 4) is 0 Å². The number of aromatic nitrogens is 2. The van der Waals surface area contributed by atoms with Gasteiger partial charge in [0.1, 0.15) is 11.6 Å². The molecule has 2 rings (SSSR count). The topological polar surface area (TPSA) is 17.8 Å². The zero-order valence-corrected chi connectivity index (χ0v) is 14.1. The van der Waals surface area contributed by atoms with Crippen LogP contribution in [0.15, 0.2) is 16.6 Å². The average Bonchev–Trinajstić information content (AvgIpc) is 2.74. The summed E-state index contributed by atoms with van der Waals surface area (Å²) < 4.78 is 16.5. The Kier molecular flexibility index (Phi) is 5.44. The summed E-state index contributed by atoms with van der Waals surface area (Å²) in [5.74, 6) is 1.23. The quantitative estimate of drug-likeness (QED) is 0.624. The van der Waals surface area contributed by atoms with Crippen molar-refractivity contribution in [2.75, 3.05) is 5.88 Å². The summed E-state index contributed by atoms with van der Waals surface area (Å²) in [5, 5.41) is 0. The summed E-state index contributed by atoms with van der Waals surface area (Å²) in [5.41, 5.74) is 1.69. The first kappa shape index (κ1) is 15.8. The van der Waals surface area contributed by atoms with E-state index in [0.717, 1.165) is 36.1 Å². The van der Waals surface area contributed by atoms with Gasteiger partial charge in [-0.3, -0.25) is 0 Å². The Bertz CT molecular complexity index is 597. The predicted molar refractivity (Wildman–Crippen MR) is 86.1 cm³/mol. The summed E-state index contributed by atoms with van der Waals surface area (Å²) in [6.07, 6.45) is 3.87. The SMILES string of the molecule is CCCC(CC)n1c(CCCl)nc2cc(Br)c(F)cc21. The van der Waals surface area contributed by atoms with Gasteiger partial charge in [0.25, 0.3) is 0 Å². The van der Waals surface area contributed by atoms with E-state index in [1.54, 1.807) is 12.1 Å². The molecule has 0 saturated carbocycles. The fourth-order valence-corrected chi connectivity index (χ4v) is 3.16. The number of nitrogens with zero attached hydrogens (tertiary/aromatic N) is 2. The Morgan fingerprint density at radius 3 is 2.75 bits per heavy atom. The van der Waals surface area contributed by atoms with Gasteiger partial charge in [-0.25, -0.2) is 9.37 Å². The second kappa shape index (κ2) is 6.90. The smallest absolute Gasteiger partial charge is 0.139 e. The third-order valence-electron chi connectivity index (χ3n) is 3.58. The monoisotopic (exact) mass is 360 g/mol. The Morgan fingerprint density at radius 1 is 1.40 bits per heavy atom. The summed E-state index contributed by atoms with van der Waals surface area (Å²) in [4.78, 5) is 4.64. The van der Waals surface area contributed by atoms with Crippen molar-refractivity contribution in [2.45, 2.75) is 45.6 Å². The molecule has 1 aromatic carbocycles. The minimum Gasteiger partial charge on any atom is -0.325 e. The molecule has 110 valence electrons. The molecule has 2 nitrogen and oxygen atoms in total. The van der Waals surface area contributed by atoms with Gasteiger partial charge in [-0.15, -0.1) is 11.6 Å². The lowest BCUT2D eigenvalue weighted by Crippen LogP contribution is -2.12. The van der Waals surface area contributed by atoms with Crippen LogP contribution >= 0.6 is 27.5 Å². The van der Waals surface area contributed by atoms with Crippen molar-refractivity contribution in [1.82, 2.24) is 9.55 Å².